The number of halogens is 1. The van der Waals surface area contributed by atoms with Crippen molar-refractivity contribution in [3.63, 3.8) is 0 Å². The summed E-state index contributed by atoms with van der Waals surface area (Å²) in [6.45, 7) is 5.08. The van der Waals surface area contributed by atoms with Gasteiger partial charge in [-0.1, -0.05) is 29.8 Å². The number of hydrogen-bond acceptors (Lipinski definition) is 6. The first-order valence-corrected chi connectivity index (χ1v) is 12.2. The highest BCUT2D eigenvalue weighted by Crippen LogP contribution is 2.25. The van der Waals surface area contributed by atoms with Crippen molar-refractivity contribution in [2.45, 2.75) is 20.3 Å². The predicted molar refractivity (Wildman–Crippen MR) is 147 cm³/mol. The fraction of sp³-hybridized carbons (Fsp3) is 0.250. The normalized spacial score (nSPS) is 10.8. The molecule has 37 heavy (non-hydrogen) atoms. The maximum atomic E-state index is 12.2. The second-order valence-electron chi connectivity index (χ2n) is 8.60. The number of benzene rings is 3. The van der Waals surface area contributed by atoms with E-state index in [9.17, 15) is 14.7 Å². The molecule has 0 heterocycles. The summed E-state index contributed by atoms with van der Waals surface area (Å²) in [4.78, 5) is 26.6. The highest BCUT2D eigenvalue weighted by atomic mass is 35.5. The lowest BCUT2D eigenvalue weighted by atomic mass is 10.1. The van der Waals surface area contributed by atoms with Gasteiger partial charge in [0.2, 0.25) is 0 Å². The van der Waals surface area contributed by atoms with Gasteiger partial charge in [-0.05, 0) is 79.4 Å². The Labute approximate surface area is 221 Å². The van der Waals surface area contributed by atoms with Gasteiger partial charge in [-0.25, -0.2) is 5.43 Å². The Bertz CT molecular complexity index is 1240. The van der Waals surface area contributed by atoms with Crippen molar-refractivity contribution >= 4 is 35.3 Å². The van der Waals surface area contributed by atoms with E-state index in [0.717, 1.165) is 35.3 Å². The van der Waals surface area contributed by atoms with Crippen molar-refractivity contribution in [2.24, 2.45) is 5.10 Å². The van der Waals surface area contributed by atoms with Crippen LogP contribution in [0.5, 0.6) is 11.5 Å². The summed E-state index contributed by atoms with van der Waals surface area (Å²) in [5.74, 6) is -0.0915. The lowest BCUT2D eigenvalue weighted by molar-refractivity contribution is -0.123. The maximum absolute atomic E-state index is 12.2. The van der Waals surface area contributed by atoms with Gasteiger partial charge >= 0.3 is 0 Å². The van der Waals surface area contributed by atoms with E-state index in [2.05, 4.69) is 32.9 Å². The SMILES string of the molecule is Cc1cc(/C=N\NC(=O)c2ccc(O)c(Cl)c2)cc(C)c1OCC(=O)NCCCN(C)c1ccccc1. The number of nitrogens with one attached hydrogen (secondary N) is 2. The molecule has 0 unspecified atom stereocenters. The topological polar surface area (TPSA) is 103 Å². The zero-order chi connectivity index (χ0) is 26.8. The molecule has 3 rings (SSSR count). The van der Waals surface area contributed by atoms with Crippen molar-refractivity contribution in [3.8, 4) is 11.5 Å². The Morgan fingerprint density at radius 3 is 2.46 bits per heavy atom. The molecule has 2 amide bonds. The molecule has 8 nitrogen and oxygen atoms in total. The van der Waals surface area contributed by atoms with Gasteiger partial charge in [-0.2, -0.15) is 5.10 Å². The number of phenols is 1. The van der Waals surface area contributed by atoms with E-state index in [-0.39, 0.29) is 28.8 Å². The Balaban J connectivity index is 1.44. The Morgan fingerprint density at radius 1 is 1.08 bits per heavy atom. The van der Waals surface area contributed by atoms with Gasteiger partial charge in [0.1, 0.15) is 11.5 Å². The molecule has 0 saturated heterocycles. The summed E-state index contributed by atoms with van der Waals surface area (Å²) >= 11 is 5.84. The summed E-state index contributed by atoms with van der Waals surface area (Å²) in [6, 6.07) is 18.0. The minimum atomic E-state index is -0.454. The number of carbonyl (C=O) groups excluding carboxylic acids is 2. The van der Waals surface area contributed by atoms with Crippen molar-refractivity contribution in [1.82, 2.24) is 10.7 Å². The first-order chi connectivity index (χ1) is 17.7. The van der Waals surface area contributed by atoms with Crippen LogP contribution >= 0.6 is 11.6 Å². The monoisotopic (exact) mass is 522 g/mol. The zero-order valence-corrected chi connectivity index (χ0v) is 21.9. The average molecular weight is 523 g/mol. The van der Waals surface area contributed by atoms with Gasteiger partial charge in [0, 0.05) is 31.4 Å². The fourth-order valence-corrected chi connectivity index (χ4v) is 3.89. The molecule has 0 aromatic heterocycles. The minimum absolute atomic E-state index is 0.0745. The first-order valence-electron chi connectivity index (χ1n) is 11.8. The summed E-state index contributed by atoms with van der Waals surface area (Å²) < 4.78 is 5.78. The van der Waals surface area contributed by atoms with Crippen LogP contribution in [0.15, 0.2) is 65.8 Å². The van der Waals surface area contributed by atoms with Crippen molar-refractivity contribution < 1.29 is 19.4 Å². The number of aromatic hydroxyl groups is 1. The second kappa shape index (κ2) is 13.3. The molecule has 0 bridgehead atoms. The van der Waals surface area contributed by atoms with E-state index in [0.29, 0.717) is 12.3 Å². The molecule has 0 spiro atoms. The standard InChI is InChI=1S/C28H31ClN4O4/c1-19-14-21(17-31-32-28(36)22-10-11-25(34)24(29)16-22)15-20(2)27(19)37-18-26(35)30-12-7-13-33(3)23-8-5-4-6-9-23/h4-6,8-11,14-17,34H,7,12-13,18H2,1-3H3,(H,30,35)(H,32,36)/b31-17-. The molecule has 0 aliphatic carbocycles. The molecule has 0 fully saturated rings. The number of amides is 2. The first kappa shape index (κ1) is 27.5. The van der Waals surface area contributed by atoms with Crippen LogP contribution in [0.1, 0.15) is 33.5 Å². The fourth-order valence-electron chi connectivity index (χ4n) is 3.71. The Morgan fingerprint density at radius 2 is 1.78 bits per heavy atom. The summed E-state index contributed by atoms with van der Waals surface area (Å²) in [6.07, 6.45) is 2.34. The van der Waals surface area contributed by atoms with Crippen LogP contribution in [0.4, 0.5) is 5.69 Å². The third kappa shape index (κ3) is 8.25. The molecular formula is C28H31ClN4O4. The summed E-state index contributed by atoms with van der Waals surface area (Å²) in [7, 11) is 2.03. The maximum Gasteiger partial charge on any atom is 0.271 e. The molecule has 9 heteroatoms. The molecule has 0 atom stereocenters. The van der Waals surface area contributed by atoms with Gasteiger partial charge in [0.05, 0.1) is 11.2 Å². The quantitative estimate of drug-likeness (QED) is 0.196. The zero-order valence-electron chi connectivity index (χ0n) is 21.1. The van der Waals surface area contributed by atoms with Gasteiger partial charge in [-0.3, -0.25) is 9.59 Å². The molecule has 0 radical (unpaired) electrons. The van der Waals surface area contributed by atoms with Crippen LogP contribution in [0, 0.1) is 13.8 Å². The van der Waals surface area contributed by atoms with Crippen LogP contribution < -0.4 is 20.4 Å². The largest absolute Gasteiger partial charge is 0.506 e. The number of phenolic OH excluding ortho intramolecular Hbond substituents is 1. The van der Waals surface area contributed by atoms with E-state index in [4.69, 9.17) is 16.3 Å². The number of anilines is 1. The van der Waals surface area contributed by atoms with Crippen LogP contribution in [0.2, 0.25) is 5.02 Å². The Hall–Kier alpha value is -4.04. The van der Waals surface area contributed by atoms with E-state index >= 15 is 0 Å². The number of carbonyl (C=O) groups is 2. The van der Waals surface area contributed by atoms with Gasteiger partial charge < -0.3 is 20.1 Å². The van der Waals surface area contributed by atoms with E-state index in [1.807, 2.05) is 51.2 Å². The molecule has 0 aliphatic heterocycles. The number of rotatable bonds is 11. The lowest BCUT2D eigenvalue weighted by Gasteiger charge is -2.19. The van der Waals surface area contributed by atoms with Crippen LogP contribution in [0.3, 0.4) is 0 Å². The van der Waals surface area contributed by atoms with Crippen molar-refractivity contribution in [2.75, 3.05) is 31.6 Å². The highest BCUT2D eigenvalue weighted by molar-refractivity contribution is 6.32. The number of hydrogen-bond donors (Lipinski definition) is 3. The third-order valence-corrected chi connectivity index (χ3v) is 5.91. The van der Waals surface area contributed by atoms with Gasteiger partial charge in [-0.15, -0.1) is 0 Å². The van der Waals surface area contributed by atoms with E-state index in [1.165, 1.54) is 24.4 Å². The highest BCUT2D eigenvalue weighted by Gasteiger charge is 2.10. The number of hydrazone groups is 1. The minimum Gasteiger partial charge on any atom is -0.506 e. The molecule has 194 valence electrons. The lowest BCUT2D eigenvalue weighted by Crippen LogP contribution is -2.31. The summed E-state index contributed by atoms with van der Waals surface area (Å²) in [5, 5.41) is 16.4. The average Bonchev–Trinajstić information content (AvgIpc) is 2.88. The summed E-state index contributed by atoms with van der Waals surface area (Å²) in [5.41, 5.74) is 6.30. The Kier molecular flexibility index (Phi) is 9.92. The predicted octanol–water partition coefficient (Wildman–Crippen LogP) is 4.45. The van der Waals surface area contributed by atoms with Crippen LogP contribution in [-0.2, 0) is 4.79 Å². The van der Waals surface area contributed by atoms with Crippen molar-refractivity contribution in [1.29, 1.82) is 0 Å². The molecule has 3 aromatic rings. The molecule has 3 N–H and O–H groups in total. The molecule has 0 saturated carbocycles. The number of nitrogens with zero attached hydrogens (tertiary/aromatic N) is 2. The van der Waals surface area contributed by atoms with Gasteiger partial charge in [0.25, 0.3) is 11.8 Å². The second-order valence-corrected chi connectivity index (χ2v) is 9.01. The van der Waals surface area contributed by atoms with Crippen molar-refractivity contribution in [3.05, 3.63) is 87.9 Å². The number of ether oxygens (including phenoxy) is 1. The van der Waals surface area contributed by atoms with E-state index in [1.54, 1.807) is 0 Å². The number of para-hydroxylation sites is 1. The smallest absolute Gasteiger partial charge is 0.271 e. The molecule has 0 aliphatic rings. The van der Waals surface area contributed by atoms with Gasteiger partial charge in [0.15, 0.2) is 6.61 Å². The number of aryl methyl sites for hydroxylation is 2. The van der Waals surface area contributed by atoms with Crippen LogP contribution in [0.25, 0.3) is 0 Å². The molecule has 3 aromatic carbocycles. The van der Waals surface area contributed by atoms with E-state index < -0.39 is 5.91 Å². The third-order valence-electron chi connectivity index (χ3n) is 5.61. The van der Waals surface area contributed by atoms with Crippen LogP contribution in [-0.4, -0.2) is 49.9 Å². The molecular weight excluding hydrogens is 492 g/mol.